The summed E-state index contributed by atoms with van der Waals surface area (Å²) in [6, 6.07) is 9.47. The first-order valence-electron chi connectivity index (χ1n) is 10.9. The van der Waals surface area contributed by atoms with Gasteiger partial charge >= 0.3 is 51.4 Å². The van der Waals surface area contributed by atoms with E-state index in [1.807, 2.05) is 0 Å². The molecule has 0 bridgehead atoms. The van der Waals surface area contributed by atoms with Crippen molar-refractivity contribution in [1.29, 1.82) is 0 Å². The molecule has 0 aliphatic heterocycles. The van der Waals surface area contributed by atoms with Crippen molar-refractivity contribution in [1.82, 2.24) is 0 Å². The van der Waals surface area contributed by atoms with E-state index in [0.717, 1.165) is 0 Å². The van der Waals surface area contributed by atoms with Crippen LogP contribution in [0.2, 0.25) is 0 Å². The Kier molecular flexibility index (Phi) is 20.3. The number of hydrogen-bond acceptors (Lipinski definition) is 0. The van der Waals surface area contributed by atoms with Gasteiger partial charge in [0, 0.05) is 0 Å². The van der Waals surface area contributed by atoms with E-state index in [9.17, 15) is 0 Å². The first-order chi connectivity index (χ1) is 11.9. The van der Waals surface area contributed by atoms with Crippen LogP contribution in [0.3, 0.4) is 0 Å². The Morgan fingerprint density at radius 1 is 0.440 bits per heavy atom. The summed E-state index contributed by atoms with van der Waals surface area (Å²) in [6.45, 7) is 4.58. The molecule has 1 aromatic rings. The first kappa shape index (κ1) is 25.9. The predicted molar refractivity (Wildman–Crippen MR) is 117 cm³/mol. The van der Waals surface area contributed by atoms with E-state index in [1.165, 1.54) is 114 Å². The standard InChI is InChI=1S/C24H42.K.H/c1-3-5-7-9-11-12-14-16-18-24-21-19-23(20-22-24)17-15-13-10-8-6-4-2;;/h19-22H,3-18H2,1-2H3;;. The quantitative estimate of drug-likeness (QED) is 0.207. The van der Waals surface area contributed by atoms with Crippen LogP contribution in [0.15, 0.2) is 24.3 Å². The first-order valence-corrected chi connectivity index (χ1v) is 10.9. The Hall–Kier alpha value is 0.856. The molecule has 0 radical (unpaired) electrons. The third kappa shape index (κ3) is 15.6. The van der Waals surface area contributed by atoms with Crippen LogP contribution in [0.25, 0.3) is 0 Å². The van der Waals surface area contributed by atoms with Crippen LogP contribution in [0.4, 0.5) is 0 Å². The van der Waals surface area contributed by atoms with Crippen LogP contribution in [0.5, 0.6) is 0 Å². The van der Waals surface area contributed by atoms with Crippen molar-refractivity contribution in [2.75, 3.05) is 0 Å². The number of hydrogen-bond donors (Lipinski definition) is 0. The molecule has 0 atom stereocenters. The van der Waals surface area contributed by atoms with Gasteiger partial charge in [0.05, 0.1) is 0 Å². The van der Waals surface area contributed by atoms with Crippen LogP contribution < -0.4 is 0 Å². The van der Waals surface area contributed by atoms with E-state index in [-0.39, 0.29) is 51.4 Å². The third-order valence-electron chi connectivity index (χ3n) is 5.16. The van der Waals surface area contributed by atoms with Crippen LogP contribution in [-0.2, 0) is 12.8 Å². The van der Waals surface area contributed by atoms with Crippen molar-refractivity contribution in [3.63, 3.8) is 0 Å². The molecule has 0 saturated carbocycles. The monoisotopic (exact) mass is 370 g/mol. The van der Waals surface area contributed by atoms with Gasteiger partial charge in [0.15, 0.2) is 0 Å². The predicted octanol–water partition coefficient (Wildman–Crippen LogP) is 7.62. The van der Waals surface area contributed by atoms with Gasteiger partial charge in [0.25, 0.3) is 0 Å². The second-order valence-electron chi connectivity index (χ2n) is 7.56. The van der Waals surface area contributed by atoms with E-state index in [2.05, 4.69) is 38.1 Å². The Bertz CT molecular complexity index is 368. The van der Waals surface area contributed by atoms with E-state index >= 15 is 0 Å². The minimum atomic E-state index is 0. The molecular weight excluding hydrogens is 327 g/mol. The summed E-state index contributed by atoms with van der Waals surface area (Å²) >= 11 is 0. The number of unbranched alkanes of at least 4 members (excludes halogenated alkanes) is 12. The topological polar surface area (TPSA) is 0 Å². The summed E-state index contributed by atoms with van der Waals surface area (Å²) in [5, 5.41) is 0. The van der Waals surface area contributed by atoms with E-state index in [4.69, 9.17) is 0 Å². The average Bonchev–Trinajstić information content (AvgIpc) is 2.61. The van der Waals surface area contributed by atoms with Gasteiger partial charge in [-0.3, -0.25) is 0 Å². The van der Waals surface area contributed by atoms with Gasteiger partial charge in [-0.2, -0.15) is 0 Å². The zero-order valence-corrected chi connectivity index (χ0v) is 16.6. The summed E-state index contributed by atoms with van der Waals surface area (Å²) < 4.78 is 0. The normalized spacial score (nSPS) is 10.6. The molecule has 0 aliphatic carbocycles. The summed E-state index contributed by atoms with van der Waals surface area (Å²) in [5.74, 6) is 0. The van der Waals surface area contributed by atoms with Crippen molar-refractivity contribution in [3.05, 3.63) is 35.4 Å². The number of benzene rings is 1. The van der Waals surface area contributed by atoms with Gasteiger partial charge in [-0.05, 0) is 36.8 Å². The molecule has 0 unspecified atom stereocenters. The second kappa shape index (κ2) is 19.6. The van der Waals surface area contributed by atoms with Crippen molar-refractivity contribution in [2.24, 2.45) is 0 Å². The Labute approximate surface area is 201 Å². The maximum absolute atomic E-state index is 2.37. The molecule has 0 aromatic heterocycles. The molecule has 0 saturated heterocycles. The molecule has 0 fully saturated rings. The van der Waals surface area contributed by atoms with E-state index in [0.29, 0.717) is 0 Å². The van der Waals surface area contributed by atoms with Crippen molar-refractivity contribution in [2.45, 2.75) is 117 Å². The van der Waals surface area contributed by atoms with Gasteiger partial charge in [0.1, 0.15) is 0 Å². The summed E-state index contributed by atoms with van der Waals surface area (Å²) in [4.78, 5) is 0. The van der Waals surface area contributed by atoms with Gasteiger partial charge in [0.2, 0.25) is 0 Å². The van der Waals surface area contributed by atoms with Crippen molar-refractivity contribution in [3.8, 4) is 0 Å². The molecule has 0 N–H and O–H groups in total. The Morgan fingerprint density at radius 3 is 1.04 bits per heavy atom. The Morgan fingerprint density at radius 2 is 0.720 bits per heavy atom. The molecule has 0 spiro atoms. The summed E-state index contributed by atoms with van der Waals surface area (Å²) in [6.07, 6.45) is 22.2. The molecular formula is C24H43K. The molecule has 1 heteroatoms. The molecule has 140 valence electrons. The fourth-order valence-electron chi connectivity index (χ4n) is 3.45. The molecule has 25 heavy (non-hydrogen) atoms. The van der Waals surface area contributed by atoms with Gasteiger partial charge in [-0.15, -0.1) is 0 Å². The zero-order chi connectivity index (χ0) is 17.3. The van der Waals surface area contributed by atoms with Crippen LogP contribution >= 0.6 is 0 Å². The molecule has 1 rings (SSSR count). The SMILES string of the molecule is CCCCCCCCCCc1ccc(CCCCCCCC)cc1.[KH]. The maximum atomic E-state index is 2.37. The molecule has 0 amide bonds. The minimum absolute atomic E-state index is 0. The van der Waals surface area contributed by atoms with E-state index in [1.54, 1.807) is 0 Å². The zero-order valence-electron chi connectivity index (χ0n) is 16.6. The summed E-state index contributed by atoms with van der Waals surface area (Å²) in [7, 11) is 0. The molecule has 0 heterocycles. The van der Waals surface area contributed by atoms with Crippen LogP contribution in [0.1, 0.15) is 115 Å². The number of rotatable bonds is 16. The fraction of sp³-hybridized carbons (Fsp3) is 0.750. The second-order valence-corrected chi connectivity index (χ2v) is 7.56. The Balaban J connectivity index is 0.00000576. The van der Waals surface area contributed by atoms with Gasteiger partial charge in [-0.1, -0.05) is 115 Å². The molecule has 1 aromatic carbocycles. The average molecular weight is 371 g/mol. The van der Waals surface area contributed by atoms with E-state index < -0.39 is 0 Å². The summed E-state index contributed by atoms with van der Waals surface area (Å²) in [5.41, 5.74) is 3.07. The molecule has 0 nitrogen and oxygen atoms in total. The number of aryl methyl sites for hydroxylation is 2. The third-order valence-corrected chi connectivity index (χ3v) is 5.16. The van der Waals surface area contributed by atoms with Gasteiger partial charge in [-0.25, -0.2) is 0 Å². The van der Waals surface area contributed by atoms with Crippen molar-refractivity contribution >= 4 is 51.4 Å². The van der Waals surface area contributed by atoms with Crippen LogP contribution in [-0.4, -0.2) is 51.4 Å². The van der Waals surface area contributed by atoms with Gasteiger partial charge < -0.3 is 0 Å². The van der Waals surface area contributed by atoms with Crippen molar-refractivity contribution < 1.29 is 0 Å². The molecule has 0 aliphatic rings. The fourth-order valence-corrected chi connectivity index (χ4v) is 3.45. The van der Waals surface area contributed by atoms with Crippen LogP contribution in [0, 0.1) is 0 Å².